The fourth-order valence-electron chi connectivity index (χ4n) is 3.71. The first kappa shape index (κ1) is 20.1. The molecule has 2 aromatic heterocycles. The molecule has 0 aliphatic carbocycles. The Morgan fingerprint density at radius 3 is 2.70 bits per heavy atom. The Kier molecular flexibility index (Phi) is 5.79. The van der Waals surface area contributed by atoms with Crippen molar-refractivity contribution in [3.05, 3.63) is 83.1 Å². The van der Waals surface area contributed by atoms with Gasteiger partial charge in [0.1, 0.15) is 17.5 Å². The third-order valence-corrected chi connectivity index (χ3v) is 5.49. The van der Waals surface area contributed by atoms with Crippen LogP contribution in [0.1, 0.15) is 30.7 Å². The van der Waals surface area contributed by atoms with Gasteiger partial charge in [0.2, 0.25) is 6.79 Å². The van der Waals surface area contributed by atoms with Gasteiger partial charge < -0.3 is 18.8 Å². The Bertz CT molecular complexity index is 1090. The molecule has 3 heterocycles. The summed E-state index contributed by atoms with van der Waals surface area (Å²) in [6.45, 7) is 9.49. The average Bonchev–Trinajstić information content (AvgIpc) is 3.36. The van der Waals surface area contributed by atoms with Crippen LogP contribution in [0.2, 0.25) is 0 Å². The van der Waals surface area contributed by atoms with Gasteiger partial charge in [0.05, 0.1) is 5.52 Å². The summed E-state index contributed by atoms with van der Waals surface area (Å²) in [7, 11) is 0. The number of fused-ring (bicyclic) bond motifs is 1. The van der Waals surface area contributed by atoms with E-state index < -0.39 is 0 Å². The molecule has 3 aromatic rings. The fraction of sp³-hybridized carbons (Fsp3) is 0.320. The first-order chi connectivity index (χ1) is 14.5. The number of benzene rings is 1. The number of hydrogen-bond donors (Lipinski definition) is 0. The van der Waals surface area contributed by atoms with Crippen LogP contribution >= 0.6 is 0 Å². The van der Waals surface area contributed by atoms with Crippen molar-refractivity contribution in [2.75, 3.05) is 6.79 Å². The first-order valence-corrected chi connectivity index (χ1v) is 10.3. The SMILES string of the molecule is CC(C)=CCn1c(C)c(C)c2nccc(OC(Cc3ccccc3)C3=COCO3)c21. The molecule has 0 spiro atoms. The summed E-state index contributed by atoms with van der Waals surface area (Å²) in [5.74, 6) is 1.51. The molecule has 0 saturated heterocycles. The second kappa shape index (κ2) is 8.66. The Hall–Kier alpha value is -3.21. The zero-order valence-electron chi connectivity index (χ0n) is 18.0. The van der Waals surface area contributed by atoms with Crippen LogP contribution < -0.4 is 4.74 Å². The Morgan fingerprint density at radius 2 is 2.00 bits per heavy atom. The molecule has 0 bridgehead atoms. The molecule has 0 amide bonds. The van der Waals surface area contributed by atoms with E-state index in [1.165, 1.54) is 22.4 Å². The average molecular weight is 405 g/mol. The number of hydrogen-bond acceptors (Lipinski definition) is 4. The molecule has 0 N–H and O–H groups in total. The molecule has 1 atom stereocenters. The number of rotatable bonds is 7. The van der Waals surface area contributed by atoms with Crippen LogP contribution in [0, 0.1) is 13.8 Å². The lowest BCUT2D eigenvalue weighted by Crippen LogP contribution is -2.23. The summed E-state index contributed by atoms with van der Waals surface area (Å²) >= 11 is 0. The highest BCUT2D eigenvalue weighted by molar-refractivity contribution is 5.86. The quantitative estimate of drug-likeness (QED) is 0.491. The van der Waals surface area contributed by atoms with Crippen molar-refractivity contribution >= 4 is 11.0 Å². The van der Waals surface area contributed by atoms with E-state index in [4.69, 9.17) is 14.2 Å². The molecule has 4 rings (SSSR count). The highest BCUT2D eigenvalue weighted by Crippen LogP contribution is 2.33. The normalized spacial score (nSPS) is 14.1. The molecule has 5 nitrogen and oxygen atoms in total. The standard InChI is InChI=1S/C25H28N2O3/c1-17(2)11-13-27-19(4)18(3)24-25(27)21(10-12-26-24)30-22(23-15-28-16-29-23)14-20-8-6-5-7-9-20/h5-12,15,22H,13-14,16H2,1-4H3. The van der Waals surface area contributed by atoms with E-state index in [-0.39, 0.29) is 12.9 Å². The molecule has 1 unspecified atom stereocenters. The van der Waals surface area contributed by atoms with Gasteiger partial charge in [0.25, 0.3) is 0 Å². The Morgan fingerprint density at radius 1 is 1.20 bits per heavy atom. The van der Waals surface area contributed by atoms with Gasteiger partial charge in [-0.3, -0.25) is 4.98 Å². The van der Waals surface area contributed by atoms with Gasteiger partial charge in [-0.05, 0) is 38.8 Å². The molecule has 156 valence electrons. The van der Waals surface area contributed by atoms with Gasteiger partial charge in [-0.15, -0.1) is 0 Å². The molecular formula is C25H28N2O3. The molecule has 1 aliphatic heterocycles. The number of aromatic nitrogens is 2. The van der Waals surface area contributed by atoms with E-state index in [2.05, 4.69) is 55.5 Å². The molecule has 1 aliphatic rings. The van der Waals surface area contributed by atoms with Crippen LogP contribution in [0.25, 0.3) is 11.0 Å². The van der Waals surface area contributed by atoms with Crippen molar-refractivity contribution in [3.63, 3.8) is 0 Å². The highest BCUT2D eigenvalue weighted by Gasteiger charge is 2.25. The molecule has 1 aromatic carbocycles. The second-order valence-electron chi connectivity index (χ2n) is 7.85. The zero-order valence-corrected chi connectivity index (χ0v) is 18.0. The zero-order chi connectivity index (χ0) is 21.1. The van der Waals surface area contributed by atoms with Crippen LogP contribution in [0.4, 0.5) is 0 Å². The van der Waals surface area contributed by atoms with Crippen LogP contribution in [0.5, 0.6) is 5.75 Å². The Balaban J connectivity index is 1.75. The second-order valence-corrected chi connectivity index (χ2v) is 7.85. The lowest BCUT2D eigenvalue weighted by Gasteiger charge is -2.20. The van der Waals surface area contributed by atoms with E-state index in [0.29, 0.717) is 12.2 Å². The lowest BCUT2D eigenvalue weighted by atomic mass is 10.1. The van der Waals surface area contributed by atoms with Crippen LogP contribution in [-0.2, 0) is 22.4 Å². The van der Waals surface area contributed by atoms with E-state index >= 15 is 0 Å². The summed E-state index contributed by atoms with van der Waals surface area (Å²) in [4.78, 5) is 4.65. The predicted octanol–water partition coefficient (Wildman–Crippen LogP) is 5.46. The van der Waals surface area contributed by atoms with Gasteiger partial charge in [0, 0.05) is 30.9 Å². The highest BCUT2D eigenvalue weighted by atomic mass is 16.7. The third-order valence-electron chi connectivity index (χ3n) is 5.49. The van der Waals surface area contributed by atoms with Gasteiger partial charge in [-0.1, -0.05) is 42.0 Å². The molecule has 30 heavy (non-hydrogen) atoms. The molecule has 0 fully saturated rings. The smallest absolute Gasteiger partial charge is 0.230 e. The lowest BCUT2D eigenvalue weighted by molar-refractivity contribution is 0.0559. The number of aryl methyl sites for hydroxylation is 1. The monoisotopic (exact) mass is 404 g/mol. The van der Waals surface area contributed by atoms with Crippen molar-refractivity contribution in [3.8, 4) is 5.75 Å². The van der Waals surface area contributed by atoms with E-state index in [9.17, 15) is 0 Å². The van der Waals surface area contributed by atoms with Crippen LogP contribution in [0.15, 0.2) is 66.3 Å². The Labute approximate surface area is 177 Å². The minimum absolute atomic E-state index is 0.227. The molecule has 0 radical (unpaired) electrons. The van der Waals surface area contributed by atoms with Gasteiger partial charge in [0.15, 0.2) is 11.9 Å². The number of nitrogens with zero attached hydrogens (tertiary/aromatic N) is 2. The van der Waals surface area contributed by atoms with Crippen molar-refractivity contribution < 1.29 is 14.2 Å². The van der Waals surface area contributed by atoms with Gasteiger partial charge >= 0.3 is 0 Å². The van der Waals surface area contributed by atoms with Gasteiger partial charge in [-0.25, -0.2) is 0 Å². The van der Waals surface area contributed by atoms with E-state index in [0.717, 1.165) is 23.3 Å². The topological polar surface area (TPSA) is 45.5 Å². The third kappa shape index (κ3) is 4.06. The largest absolute Gasteiger partial charge is 0.480 e. The number of pyridine rings is 1. The van der Waals surface area contributed by atoms with E-state index in [1.54, 1.807) is 6.26 Å². The number of ether oxygens (including phenoxy) is 3. The van der Waals surface area contributed by atoms with Crippen LogP contribution in [-0.4, -0.2) is 22.4 Å². The van der Waals surface area contributed by atoms with Crippen molar-refractivity contribution in [1.29, 1.82) is 0 Å². The predicted molar refractivity (Wildman–Crippen MR) is 118 cm³/mol. The molecular weight excluding hydrogens is 376 g/mol. The van der Waals surface area contributed by atoms with Crippen molar-refractivity contribution in [2.24, 2.45) is 0 Å². The summed E-state index contributed by atoms with van der Waals surface area (Å²) in [5, 5.41) is 0. The molecule has 0 saturated carbocycles. The van der Waals surface area contributed by atoms with Crippen molar-refractivity contribution in [1.82, 2.24) is 9.55 Å². The summed E-state index contributed by atoms with van der Waals surface area (Å²) in [6, 6.07) is 12.2. The first-order valence-electron chi connectivity index (χ1n) is 10.3. The minimum atomic E-state index is -0.284. The maximum Gasteiger partial charge on any atom is 0.230 e. The van der Waals surface area contributed by atoms with Crippen molar-refractivity contribution in [2.45, 2.75) is 46.8 Å². The fourth-order valence-corrected chi connectivity index (χ4v) is 3.71. The minimum Gasteiger partial charge on any atom is -0.480 e. The summed E-state index contributed by atoms with van der Waals surface area (Å²) < 4.78 is 19.9. The molecule has 5 heteroatoms. The maximum absolute atomic E-state index is 6.58. The van der Waals surface area contributed by atoms with Gasteiger partial charge in [-0.2, -0.15) is 0 Å². The summed E-state index contributed by atoms with van der Waals surface area (Å²) in [6.07, 6.45) is 6.10. The number of allylic oxidation sites excluding steroid dienone is 2. The van der Waals surface area contributed by atoms with E-state index in [1.807, 2.05) is 30.5 Å². The van der Waals surface area contributed by atoms with Crippen LogP contribution in [0.3, 0.4) is 0 Å². The summed E-state index contributed by atoms with van der Waals surface area (Å²) in [5.41, 5.74) is 6.83. The maximum atomic E-state index is 6.58.